The lowest BCUT2D eigenvalue weighted by atomic mass is 9.97. The van der Waals surface area contributed by atoms with Crippen molar-refractivity contribution < 1.29 is 33.3 Å². The topological polar surface area (TPSA) is 158 Å². The standard InChI is InChI=1S/C29H28F2N6O5/c1-36-7-6-34-27(36)18-11-16(37-13-14-8-17(29(39)40)20(37)9-14)3-5-22(18)41-25-19(30)12-35-28(24(25)31)42-23-10-15(26(32)33)2-4-21(23)38/h2-5,10-12,14,17,20,38H,6-9,13H2,1H3,(H3,32,33)(H,39,40). The number of pyridine rings is 1. The lowest BCUT2D eigenvalue weighted by Gasteiger charge is -2.33. The van der Waals surface area contributed by atoms with E-state index in [1.54, 1.807) is 12.1 Å². The van der Waals surface area contributed by atoms with Crippen molar-refractivity contribution in [1.82, 2.24) is 9.88 Å². The van der Waals surface area contributed by atoms with Crippen LogP contribution in [-0.2, 0) is 4.79 Å². The molecule has 2 aliphatic heterocycles. The Morgan fingerprint density at radius 1 is 1.14 bits per heavy atom. The molecule has 1 aromatic heterocycles. The molecule has 2 bridgehead atoms. The molecular formula is C29H28F2N6O5. The number of nitrogen functional groups attached to an aromatic ring is 1. The molecule has 11 nitrogen and oxygen atoms in total. The molecule has 0 spiro atoms. The molecule has 3 unspecified atom stereocenters. The van der Waals surface area contributed by atoms with Crippen molar-refractivity contribution in [3.8, 4) is 28.9 Å². The number of nitrogens with one attached hydrogen (secondary N) is 1. The minimum atomic E-state index is -1.25. The Kier molecular flexibility index (Phi) is 6.79. The Morgan fingerprint density at radius 3 is 2.64 bits per heavy atom. The number of carboxylic acids is 1. The van der Waals surface area contributed by atoms with Crippen molar-refractivity contribution in [2.45, 2.75) is 18.9 Å². The summed E-state index contributed by atoms with van der Waals surface area (Å²) in [6, 6.07) is 8.85. The molecule has 5 N–H and O–H groups in total. The SMILES string of the molecule is CN1CCN=C1c1cc(N2CC3CC(C(=O)O)C2C3)ccc1Oc1c(F)cnc(Oc2cc(C(=N)N)ccc2O)c1F. The molecule has 3 atom stereocenters. The van der Waals surface area contributed by atoms with Crippen molar-refractivity contribution in [3.05, 3.63) is 65.4 Å². The zero-order chi connectivity index (χ0) is 29.7. The molecule has 3 aliphatic rings. The van der Waals surface area contributed by atoms with Gasteiger partial charge in [-0.2, -0.15) is 4.39 Å². The van der Waals surface area contributed by atoms with Gasteiger partial charge in [0.1, 0.15) is 17.4 Å². The van der Waals surface area contributed by atoms with Crippen molar-refractivity contribution in [2.75, 3.05) is 31.6 Å². The van der Waals surface area contributed by atoms with Crippen LogP contribution in [0.1, 0.15) is 24.0 Å². The Bertz CT molecular complexity index is 1630. The summed E-state index contributed by atoms with van der Waals surface area (Å²) >= 11 is 0. The maximum Gasteiger partial charge on any atom is 0.308 e. The van der Waals surface area contributed by atoms with E-state index < -0.39 is 35.2 Å². The second-order valence-corrected chi connectivity index (χ2v) is 10.7. The number of ether oxygens (including phenoxy) is 2. The summed E-state index contributed by atoms with van der Waals surface area (Å²) in [6.45, 7) is 1.90. The summed E-state index contributed by atoms with van der Waals surface area (Å²) in [4.78, 5) is 24.1. The number of aromatic hydroxyl groups is 1. The van der Waals surface area contributed by atoms with Gasteiger partial charge in [0.25, 0.3) is 5.88 Å². The summed E-state index contributed by atoms with van der Waals surface area (Å²) in [5, 5.41) is 27.4. The predicted octanol–water partition coefficient (Wildman–Crippen LogP) is 3.93. The number of phenols is 1. The molecule has 1 saturated heterocycles. The van der Waals surface area contributed by atoms with Gasteiger partial charge < -0.3 is 35.2 Å². The van der Waals surface area contributed by atoms with Crippen LogP contribution in [0, 0.1) is 28.9 Å². The average molecular weight is 579 g/mol. The van der Waals surface area contributed by atoms with E-state index in [-0.39, 0.29) is 40.6 Å². The monoisotopic (exact) mass is 578 g/mol. The Balaban J connectivity index is 1.35. The van der Waals surface area contributed by atoms with Crippen molar-refractivity contribution in [1.29, 1.82) is 5.41 Å². The first-order valence-corrected chi connectivity index (χ1v) is 13.4. The van der Waals surface area contributed by atoms with Crippen molar-refractivity contribution in [2.24, 2.45) is 22.6 Å². The summed E-state index contributed by atoms with van der Waals surface area (Å²) in [6.07, 6.45) is 2.19. The molecule has 6 rings (SSSR count). The number of anilines is 1. The molecule has 13 heteroatoms. The first-order chi connectivity index (χ1) is 20.1. The molecule has 2 fully saturated rings. The number of benzene rings is 2. The molecule has 218 valence electrons. The molecule has 3 heterocycles. The number of halogens is 2. The molecule has 1 aliphatic carbocycles. The number of hydrogen-bond donors (Lipinski definition) is 4. The maximum atomic E-state index is 15.6. The number of aliphatic carboxylic acids is 1. The number of piperidine rings is 1. The number of likely N-dealkylation sites (N-methyl/N-ethyl adjacent to an activating group) is 1. The van der Waals surface area contributed by atoms with Gasteiger partial charge in [-0.25, -0.2) is 9.37 Å². The largest absolute Gasteiger partial charge is 0.504 e. The van der Waals surface area contributed by atoms with Crippen LogP contribution in [0.3, 0.4) is 0 Å². The number of nitrogens with two attached hydrogens (primary N) is 1. The number of amidine groups is 2. The van der Waals surface area contributed by atoms with E-state index in [0.717, 1.165) is 24.8 Å². The van der Waals surface area contributed by atoms with Crippen molar-refractivity contribution in [3.63, 3.8) is 0 Å². The van der Waals surface area contributed by atoms with Crippen LogP contribution >= 0.6 is 0 Å². The minimum absolute atomic E-state index is 0.127. The first-order valence-electron chi connectivity index (χ1n) is 13.4. The second kappa shape index (κ2) is 10.5. The molecule has 1 saturated carbocycles. The van der Waals surface area contributed by atoms with Gasteiger partial charge >= 0.3 is 5.97 Å². The highest BCUT2D eigenvalue weighted by Crippen LogP contribution is 2.45. The van der Waals surface area contributed by atoms with E-state index >= 15 is 4.39 Å². The Morgan fingerprint density at radius 2 is 1.95 bits per heavy atom. The lowest BCUT2D eigenvalue weighted by Crippen LogP contribution is -2.41. The molecule has 0 radical (unpaired) electrons. The third-order valence-electron chi connectivity index (χ3n) is 7.98. The van der Waals surface area contributed by atoms with Crippen LogP contribution in [0.4, 0.5) is 14.5 Å². The first kappa shape index (κ1) is 27.2. The van der Waals surface area contributed by atoms with Gasteiger partial charge in [0, 0.05) is 37.4 Å². The summed E-state index contributed by atoms with van der Waals surface area (Å²) in [5.74, 6) is -4.95. The Hall–Kier alpha value is -4.94. The number of aliphatic imine (C=N–C) groups is 1. The number of carbonyl (C=O) groups is 1. The minimum Gasteiger partial charge on any atom is -0.504 e. The molecule has 3 aromatic rings. The summed E-state index contributed by atoms with van der Waals surface area (Å²) in [5.41, 5.74) is 6.98. The molecule has 2 aromatic carbocycles. The quantitative estimate of drug-likeness (QED) is 0.230. The van der Waals surface area contributed by atoms with Crippen LogP contribution in [0.5, 0.6) is 28.9 Å². The van der Waals surface area contributed by atoms with Gasteiger partial charge in [-0.15, -0.1) is 0 Å². The average Bonchev–Trinajstić information content (AvgIpc) is 3.70. The van der Waals surface area contributed by atoms with Gasteiger partial charge in [-0.3, -0.25) is 15.2 Å². The van der Waals surface area contributed by atoms with Gasteiger partial charge in [-0.05, 0) is 55.2 Å². The maximum absolute atomic E-state index is 15.6. The van der Waals surface area contributed by atoms with E-state index in [2.05, 4.69) is 14.9 Å². The number of rotatable bonds is 8. The van der Waals surface area contributed by atoms with E-state index in [4.69, 9.17) is 20.6 Å². The number of nitrogens with zero attached hydrogens (tertiary/aromatic N) is 4. The normalized spacial score (nSPS) is 21.0. The third kappa shape index (κ3) is 4.80. The number of carboxylic acid groups (broad SMARTS) is 1. The predicted molar refractivity (Wildman–Crippen MR) is 149 cm³/mol. The fourth-order valence-corrected chi connectivity index (χ4v) is 5.95. The van der Waals surface area contributed by atoms with Gasteiger partial charge in [-0.1, -0.05) is 0 Å². The van der Waals surface area contributed by atoms with Crippen LogP contribution < -0.4 is 20.1 Å². The number of aromatic nitrogens is 1. The van der Waals surface area contributed by atoms with Crippen LogP contribution in [0.15, 0.2) is 47.6 Å². The van der Waals surface area contributed by atoms with E-state index in [1.807, 2.05) is 18.0 Å². The van der Waals surface area contributed by atoms with Gasteiger partial charge in [0.15, 0.2) is 17.3 Å². The highest BCUT2D eigenvalue weighted by molar-refractivity contribution is 6.03. The smallest absolute Gasteiger partial charge is 0.308 e. The summed E-state index contributed by atoms with van der Waals surface area (Å²) in [7, 11) is 1.85. The third-order valence-corrected chi connectivity index (χ3v) is 7.98. The van der Waals surface area contributed by atoms with E-state index in [1.165, 1.54) is 18.2 Å². The lowest BCUT2D eigenvalue weighted by molar-refractivity contribution is -0.142. The number of fused-ring (bicyclic) bond motifs is 2. The Labute approximate surface area is 239 Å². The molecule has 0 amide bonds. The fourth-order valence-electron chi connectivity index (χ4n) is 5.95. The fraction of sp³-hybridized carbons (Fsp3) is 0.310. The zero-order valence-corrected chi connectivity index (χ0v) is 22.6. The molecule has 42 heavy (non-hydrogen) atoms. The van der Waals surface area contributed by atoms with Crippen LogP contribution in [0.2, 0.25) is 0 Å². The number of hydrogen-bond acceptors (Lipinski definition) is 9. The van der Waals surface area contributed by atoms with Gasteiger partial charge in [0.2, 0.25) is 11.6 Å². The van der Waals surface area contributed by atoms with Crippen LogP contribution in [0.25, 0.3) is 0 Å². The highest BCUT2D eigenvalue weighted by atomic mass is 19.1. The number of phenolic OH excluding ortho intramolecular Hbond substituents is 1. The van der Waals surface area contributed by atoms with E-state index in [0.29, 0.717) is 30.9 Å². The van der Waals surface area contributed by atoms with Crippen molar-refractivity contribution >= 4 is 23.3 Å². The zero-order valence-electron chi connectivity index (χ0n) is 22.6. The van der Waals surface area contributed by atoms with Crippen LogP contribution in [-0.4, -0.2) is 70.5 Å². The van der Waals surface area contributed by atoms with E-state index in [9.17, 15) is 19.4 Å². The molecular weight excluding hydrogens is 550 g/mol. The van der Waals surface area contributed by atoms with Gasteiger partial charge in [0.05, 0.1) is 24.2 Å². The summed E-state index contributed by atoms with van der Waals surface area (Å²) < 4.78 is 41.8. The second-order valence-electron chi connectivity index (χ2n) is 10.7. The highest BCUT2D eigenvalue weighted by Gasteiger charge is 2.48.